The monoisotopic (exact) mass is 431 g/mol. The molecule has 1 aliphatic heterocycles. The lowest BCUT2D eigenvalue weighted by Gasteiger charge is -2.39. The zero-order valence-corrected chi connectivity index (χ0v) is 18.7. The standard InChI is InChI=1S/C26H29N3O3/c1-15-6-4-5-7-19(15)25(30)24(23-14-32-26(31)28-23)16-8-9-22-20(12-16)21(13-27-22)17-10-18(11-17)29(2)3/h4-9,12-13,17-18,23-24,27H,10-11,14H2,1-3H3,(H,28,31)/t17?,18?,23-,24?/m1/s1. The number of aromatic amines is 1. The number of hydrogen-bond donors (Lipinski definition) is 2. The number of H-pyrrole nitrogens is 1. The number of nitrogens with zero attached hydrogens (tertiary/aromatic N) is 1. The van der Waals surface area contributed by atoms with Gasteiger partial charge < -0.3 is 19.9 Å². The minimum Gasteiger partial charge on any atom is -0.447 e. The third-order valence-corrected chi connectivity index (χ3v) is 7.17. The maximum Gasteiger partial charge on any atom is 0.407 e. The van der Waals surface area contributed by atoms with Crippen LogP contribution in [0.1, 0.15) is 51.7 Å². The van der Waals surface area contributed by atoms with Gasteiger partial charge in [-0.25, -0.2) is 4.79 Å². The van der Waals surface area contributed by atoms with E-state index < -0.39 is 18.1 Å². The van der Waals surface area contributed by atoms with Gasteiger partial charge in [-0.1, -0.05) is 30.3 Å². The highest BCUT2D eigenvalue weighted by molar-refractivity contribution is 6.03. The largest absolute Gasteiger partial charge is 0.447 e. The van der Waals surface area contributed by atoms with Crippen LogP contribution in [-0.2, 0) is 4.74 Å². The van der Waals surface area contributed by atoms with Crippen molar-refractivity contribution in [1.29, 1.82) is 0 Å². The summed E-state index contributed by atoms with van der Waals surface area (Å²) in [5, 5.41) is 4.01. The highest BCUT2D eigenvalue weighted by atomic mass is 16.6. The quantitative estimate of drug-likeness (QED) is 0.569. The molecule has 0 bridgehead atoms. The van der Waals surface area contributed by atoms with Crippen LogP contribution in [0.3, 0.4) is 0 Å². The number of hydrogen-bond acceptors (Lipinski definition) is 4. The smallest absolute Gasteiger partial charge is 0.407 e. The third-order valence-electron chi connectivity index (χ3n) is 7.17. The summed E-state index contributed by atoms with van der Waals surface area (Å²) in [4.78, 5) is 31.2. The fourth-order valence-corrected chi connectivity index (χ4v) is 5.12. The van der Waals surface area contributed by atoms with Crippen molar-refractivity contribution >= 4 is 22.8 Å². The van der Waals surface area contributed by atoms with Gasteiger partial charge in [0.1, 0.15) is 6.61 Å². The number of ketones is 1. The number of cyclic esters (lactones) is 1. The van der Waals surface area contributed by atoms with Gasteiger partial charge >= 0.3 is 6.09 Å². The first-order valence-electron chi connectivity index (χ1n) is 11.2. The van der Waals surface area contributed by atoms with Crippen LogP contribution in [0.4, 0.5) is 4.79 Å². The number of amides is 1. The van der Waals surface area contributed by atoms with Crippen LogP contribution >= 0.6 is 0 Å². The summed E-state index contributed by atoms with van der Waals surface area (Å²) in [6.45, 7) is 2.13. The van der Waals surface area contributed by atoms with Crippen molar-refractivity contribution in [1.82, 2.24) is 15.2 Å². The van der Waals surface area contributed by atoms with E-state index in [0.717, 1.165) is 34.9 Å². The number of carbonyl (C=O) groups excluding carboxylic acids is 2. The lowest BCUT2D eigenvalue weighted by atomic mass is 9.75. The Balaban J connectivity index is 1.53. The number of alkyl carbamates (subject to hydrolysis) is 1. The van der Waals surface area contributed by atoms with Crippen LogP contribution < -0.4 is 5.32 Å². The van der Waals surface area contributed by atoms with Gasteiger partial charge in [-0.05, 0) is 68.6 Å². The Labute approximate surface area is 187 Å². The number of Topliss-reactive ketones (excluding diaryl/α,β-unsaturated/α-hetero) is 1. The zero-order valence-electron chi connectivity index (χ0n) is 18.7. The van der Waals surface area contributed by atoms with E-state index >= 15 is 0 Å². The van der Waals surface area contributed by atoms with Crippen molar-refractivity contribution in [2.24, 2.45) is 0 Å². The average Bonchev–Trinajstić information content (AvgIpc) is 3.34. The molecule has 2 heterocycles. The Bertz CT molecular complexity index is 1180. The second-order valence-electron chi connectivity index (χ2n) is 9.34. The number of ether oxygens (including phenoxy) is 1. The van der Waals surface area contributed by atoms with E-state index in [1.54, 1.807) is 0 Å². The number of carbonyl (C=O) groups is 2. The van der Waals surface area contributed by atoms with Crippen molar-refractivity contribution in [3.8, 4) is 0 Å². The van der Waals surface area contributed by atoms with Gasteiger partial charge in [0.25, 0.3) is 0 Å². The highest BCUT2D eigenvalue weighted by Crippen LogP contribution is 2.42. The van der Waals surface area contributed by atoms with Gasteiger partial charge in [0.05, 0.1) is 12.0 Å². The second kappa shape index (κ2) is 8.10. The summed E-state index contributed by atoms with van der Waals surface area (Å²) in [6.07, 6.45) is 3.93. The van der Waals surface area contributed by atoms with Gasteiger partial charge in [0, 0.05) is 28.7 Å². The summed E-state index contributed by atoms with van der Waals surface area (Å²) in [5.74, 6) is 0.0173. The predicted molar refractivity (Wildman–Crippen MR) is 124 cm³/mol. The van der Waals surface area contributed by atoms with E-state index in [9.17, 15) is 9.59 Å². The van der Waals surface area contributed by atoms with Crippen LogP contribution in [0.15, 0.2) is 48.7 Å². The zero-order chi connectivity index (χ0) is 22.4. The fraction of sp³-hybridized carbons (Fsp3) is 0.385. The van der Waals surface area contributed by atoms with E-state index in [2.05, 4.69) is 41.6 Å². The molecule has 2 aromatic carbocycles. The Hall–Kier alpha value is -3.12. The normalized spacial score (nSPS) is 23.6. The molecule has 2 atom stereocenters. The molecule has 1 aliphatic carbocycles. The molecule has 3 aromatic rings. The molecule has 1 saturated carbocycles. The maximum atomic E-state index is 13.7. The number of rotatable bonds is 6. The molecule has 1 saturated heterocycles. The Kier molecular flexibility index (Phi) is 5.25. The molecule has 5 rings (SSSR count). The summed E-state index contributed by atoms with van der Waals surface area (Å²) < 4.78 is 5.17. The molecule has 0 spiro atoms. The number of fused-ring (bicyclic) bond motifs is 1. The molecule has 1 unspecified atom stereocenters. The fourth-order valence-electron chi connectivity index (χ4n) is 5.12. The molecule has 1 amide bonds. The van der Waals surface area contributed by atoms with Crippen LogP contribution in [0.25, 0.3) is 10.9 Å². The molecule has 2 aliphatic rings. The Morgan fingerprint density at radius 1 is 1.16 bits per heavy atom. The van der Waals surface area contributed by atoms with E-state index in [0.29, 0.717) is 17.5 Å². The minimum atomic E-state index is -0.509. The Morgan fingerprint density at radius 3 is 2.62 bits per heavy atom. The number of benzene rings is 2. The summed E-state index contributed by atoms with van der Waals surface area (Å²) in [6, 6.07) is 14.0. The molecular weight excluding hydrogens is 402 g/mol. The first-order chi connectivity index (χ1) is 15.4. The number of nitrogens with one attached hydrogen (secondary N) is 2. The molecular formula is C26H29N3O3. The van der Waals surface area contributed by atoms with Crippen molar-refractivity contribution in [2.75, 3.05) is 20.7 Å². The van der Waals surface area contributed by atoms with E-state index in [1.165, 1.54) is 5.56 Å². The van der Waals surface area contributed by atoms with E-state index in [4.69, 9.17) is 4.74 Å². The van der Waals surface area contributed by atoms with Gasteiger partial charge in [-0.3, -0.25) is 4.79 Å². The van der Waals surface area contributed by atoms with Gasteiger partial charge in [0.15, 0.2) is 5.78 Å². The predicted octanol–water partition coefficient (Wildman–Crippen LogP) is 4.36. The number of aromatic nitrogens is 1. The van der Waals surface area contributed by atoms with Crippen molar-refractivity contribution in [3.05, 3.63) is 70.9 Å². The highest BCUT2D eigenvalue weighted by Gasteiger charge is 2.38. The maximum absolute atomic E-state index is 13.7. The van der Waals surface area contributed by atoms with Crippen LogP contribution in [0, 0.1) is 6.92 Å². The molecule has 0 radical (unpaired) electrons. The van der Waals surface area contributed by atoms with Crippen molar-refractivity contribution < 1.29 is 14.3 Å². The second-order valence-corrected chi connectivity index (χ2v) is 9.34. The van der Waals surface area contributed by atoms with Crippen molar-refractivity contribution in [2.45, 2.75) is 43.7 Å². The summed E-state index contributed by atoms with van der Waals surface area (Å²) in [7, 11) is 4.27. The minimum absolute atomic E-state index is 0.00616. The third kappa shape index (κ3) is 3.58. The van der Waals surface area contributed by atoms with Crippen LogP contribution in [-0.4, -0.2) is 54.5 Å². The molecule has 166 valence electrons. The summed E-state index contributed by atoms with van der Waals surface area (Å²) >= 11 is 0. The van der Waals surface area contributed by atoms with Gasteiger partial charge in [-0.15, -0.1) is 0 Å². The topological polar surface area (TPSA) is 74.4 Å². The first kappa shape index (κ1) is 20.8. The van der Waals surface area contributed by atoms with Crippen LogP contribution in [0.2, 0.25) is 0 Å². The SMILES string of the molecule is Cc1ccccc1C(=O)C(c1ccc2[nH]cc(C3CC(N(C)C)C3)c2c1)[C@H]1COC(=O)N1. The molecule has 1 aromatic heterocycles. The van der Waals surface area contributed by atoms with Gasteiger partial charge in [-0.2, -0.15) is 0 Å². The lowest BCUT2D eigenvalue weighted by molar-refractivity contribution is 0.0938. The molecule has 32 heavy (non-hydrogen) atoms. The Morgan fingerprint density at radius 2 is 1.94 bits per heavy atom. The molecule has 6 nitrogen and oxygen atoms in total. The lowest BCUT2D eigenvalue weighted by Crippen LogP contribution is -2.39. The van der Waals surface area contributed by atoms with Gasteiger partial charge in [0.2, 0.25) is 0 Å². The number of aryl methyl sites for hydroxylation is 1. The van der Waals surface area contributed by atoms with E-state index in [-0.39, 0.29) is 12.4 Å². The summed E-state index contributed by atoms with van der Waals surface area (Å²) in [5.41, 5.74) is 4.91. The van der Waals surface area contributed by atoms with E-state index in [1.807, 2.05) is 43.3 Å². The van der Waals surface area contributed by atoms with Crippen molar-refractivity contribution in [3.63, 3.8) is 0 Å². The molecule has 2 N–H and O–H groups in total. The average molecular weight is 432 g/mol. The molecule has 2 fully saturated rings. The first-order valence-corrected chi connectivity index (χ1v) is 11.2. The van der Waals surface area contributed by atoms with Crippen LogP contribution in [0.5, 0.6) is 0 Å². The molecule has 6 heteroatoms.